The van der Waals surface area contributed by atoms with E-state index in [2.05, 4.69) is 33.0 Å². The molecule has 1 aliphatic carbocycles. The van der Waals surface area contributed by atoms with Crippen molar-refractivity contribution in [2.45, 2.75) is 56.5 Å². The monoisotopic (exact) mass is 398 g/mol. The van der Waals surface area contributed by atoms with Gasteiger partial charge in [0.05, 0.1) is 18.1 Å². The van der Waals surface area contributed by atoms with Crippen LogP contribution >= 0.6 is 0 Å². The molecule has 158 valence electrons. The van der Waals surface area contributed by atoms with E-state index in [1.807, 2.05) is 18.2 Å². The fourth-order valence-corrected chi connectivity index (χ4v) is 5.02. The number of rotatable bonds is 7. The number of hydrogen-bond donors (Lipinski definition) is 3. The normalized spacial score (nSPS) is 26.5. The van der Waals surface area contributed by atoms with Crippen LogP contribution in [0.25, 0.3) is 0 Å². The average molecular weight is 399 g/mol. The number of benzene rings is 1. The molecule has 2 saturated heterocycles. The maximum atomic E-state index is 12.8. The molecule has 0 aromatic heterocycles. The summed E-state index contributed by atoms with van der Waals surface area (Å²) in [4.78, 5) is 27.3. The second-order valence-electron chi connectivity index (χ2n) is 8.99. The molecule has 3 aliphatic rings. The number of carbonyl (C=O) groups excluding carboxylic acids is 2. The van der Waals surface area contributed by atoms with Crippen LogP contribution in [0.2, 0.25) is 0 Å². The van der Waals surface area contributed by atoms with Gasteiger partial charge in [0.25, 0.3) is 0 Å². The molecule has 3 N–H and O–H groups in total. The van der Waals surface area contributed by atoms with Gasteiger partial charge >= 0.3 is 0 Å². The van der Waals surface area contributed by atoms with E-state index in [4.69, 9.17) is 0 Å². The number of piperidine rings is 1. The van der Waals surface area contributed by atoms with Gasteiger partial charge in [-0.25, -0.2) is 0 Å². The smallest absolute Gasteiger partial charge is 0.237 e. The van der Waals surface area contributed by atoms with Gasteiger partial charge < -0.3 is 16.0 Å². The van der Waals surface area contributed by atoms with Crippen molar-refractivity contribution in [2.75, 3.05) is 32.7 Å². The Kier molecular flexibility index (Phi) is 6.50. The van der Waals surface area contributed by atoms with Crippen LogP contribution in [0, 0.1) is 5.92 Å². The highest BCUT2D eigenvalue weighted by molar-refractivity contribution is 5.82. The predicted molar refractivity (Wildman–Crippen MR) is 113 cm³/mol. The first-order valence-electron chi connectivity index (χ1n) is 11.2. The Morgan fingerprint density at radius 2 is 1.93 bits per heavy atom. The number of likely N-dealkylation sites (tertiary alicyclic amines) is 1. The lowest BCUT2D eigenvalue weighted by Gasteiger charge is -2.43. The average Bonchev–Trinajstić information content (AvgIpc) is 3.25. The van der Waals surface area contributed by atoms with E-state index in [9.17, 15) is 9.59 Å². The van der Waals surface area contributed by atoms with Gasteiger partial charge in [0.2, 0.25) is 11.8 Å². The molecular formula is C23H34N4O2. The molecule has 2 unspecified atom stereocenters. The van der Waals surface area contributed by atoms with Crippen molar-refractivity contribution in [3.63, 3.8) is 0 Å². The third-order valence-corrected chi connectivity index (χ3v) is 6.82. The second kappa shape index (κ2) is 9.26. The van der Waals surface area contributed by atoms with Gasteiger partial charge in [-0.05, 0) is 69.5 Å². The summed E-state index contributed by atoms with van der Waals surface area (Å²) in [6, 6.07) is 10.3. The first-order chi connectivity index (χ1) is 14.1. The summed E-state index contributed by atoms with van der Waals surface area (Å²) in [5, 5.41) is 9.70. The van der Waals surface area contributed by atoms with Crippen LogP contribution < -0.4 is 16.0 Å². The summed E-state index contributed by atoms with van der Waals surface area (Å²) in [5.74, 6) is 0.675. The Balaban J connectivity index is 1.24. The van der Waals surface area contributed by atoms with Crippen LogP contribution in [0.3, 0.4) is 0 Å². The van der Waals surface area contributed by atoms with Crippen LogP contribution in [0.1, 0.15) is 50.5 Å². The highest BCUT2D eigenvalue weighted by atomic mass is 16.2. The van der Waals surface area contributed by atoms with Crippen molar-refractivity contribution in [1.29, 1.82) is 0 Å². The van der Waals surface area contributed by atoms with Crippen LogP contribution in [0.15, 0.2) is 30.3 Å². The first-order valence-corrected chi connectivity index (χ1v) is 11.2. The van der Waals surface area contributed by atoms with Gasteiger partial charge in [0, 0.05) is 13.1 Å². The SMILES string of the molecule is O=C(CN1CCCC(CNC(=O)C2CCCN2)C1)NC1(c2ccccc2)CCC1. The molecule has 2 amide bonds. The molecule has 1 aromatic carbocycles. The molecule has 29 heavy (non-hydrogen) atoms. The highest BCUT2D eigenvalue weighted by Crippen LogP contribution is 2.41. The molecule has 2 atom stereocenters. The lowest BCUT2D eigenvalue weighted by Crippen LogP contribution is -2.54. The van der Waals surface area contributed by atoms with E-state index in [1.54, 1.807) is 0 Å². The summed E-state index contributed by atoms with van der Waals surface area (Å²) in [5.41, 5.74) is 1.05. The van der Waals surface area contributed by atoms with E-state index in [1.165, 1.54) is 5.56 Å². The number of carbonyl (C=O) groups is 2. The lowest BCUT2D eigenvalue weighted by atomic mass is 9.72. The predicted octanol–water partition coefficient (Wildman–Crippen LogP) is 1.76. The zero-order chi connectivity index (χ0) is 20.1. The van der Waals surface area contributed by atoms with E-state index in [-0.39, 0.29) is 23.4 Å². The van der Waals surface area contributed by atoms with E-state index < -0.39 is 0 Å². The molecule has 3 fully saturated rings. The quantitative estimate of drug-likeness (QED) is 0.654. The zero-order valence-corrected chi connectivity index (χ0v) is 17.3. The Morgan fingerprint density at radius 1 is 1.10 bits per heavy atom. The van der Waals surface area contributed by atoms with Gasteiger partial charge in [-0.15, -0.1) is 0 Å². The topological polar surface area (TPSA) is 73.5 Å². The fourth-order valence-electron chi connectivity index (χ4n) is 5.02. The van der Waals surface area contributed by atoms with Gasteiger partial charge in [-0.1, -0.05) is 30.3 Å². The van der Waals surface area contributed by atoms with Crippen LogP contribution in [-0.4, -0.2) is 55.5 Å². The van der Waals surface area contributed by atoms with E-state index in [0.29, 0.717) is 19.0 Å². The van der Waals surface area contributed by atoms with Crippen molar-refractivity contribution < 1.29 is 9.59 Å². The van der Waals surface area contributed by atoms with Crippen molar-refractivity contribution in [2.24, 2.45) is 5.92 Å². The summed E-state index contributed by atoms with van der Waals surface area (Å²) in [6.07, 6.45) is 7.42. The number of nitrogens with zero attached hydrogens (tertiary/aromatic N) is 1. The first kappa shape index (κ1) is 20.4. The third kappa shape index (κ3) is 4.98. The summed E-state index contributed by atoms with van der Waals surface area (Å²) >= 11 is 0. The van der Waals surface area contributed by atoms with Crippen LogP contribution in [-0.2, 0) is 15.1 Å². The molecule has 1 aromatic rings. The van der Waals surface area contributed by atoms with Gasteiger partial charge in [-0.2, -0.15) is 0 Å². The maximum absolute atomic E-state index is 12.8. The van der Waals surface area contributed by atoms with Crippen molar-refractivity contribution in [1.82, 2.24) is 20.9 Å². The molecular weight excluding hydrogens is 364 g/mol. The fraction of sp³-hybridized carbons (Fsp3) is 0.652. The molecule has 2 heterocycles. The molecule has 2 aliphatic heterocycles. The summed E-state index contributed by atoms with van der Waals surface area (Å²) in [7, 11) is 0. The van der Waals surface area contributed by atoms with Crippen LogP contribution in [0.4, 0.5) is 0 Å². The van der Waals surface area contributed by atoms with Crippen LogP contribution in [0.5, 0.6) is 0 Å². The van der Waals surface area contributed by atoms with Gasteiger partial charge in [-0.3, -0.25) is 14.5 Å². The Morgan fingerprint density at radius 3 is 2.62 bits per heavy atom. The minimum absolute atomic E-state index is 0.0166. The van der Waals surface area contributed by atoms with E-state index >= 15 is 0 Å². The summed E-state index contributed by atoms with van der Waals surface area (Å²) < 4.78 is 0. The molecule has 4 rings (SSSR count). The highest BCUT2D eigenvalue weighted by Gasteiger charge is 2.40. The molecule has 0 bridgehead atoms. The second-order valence-corrected chi connectivity index (χ2v) is 8.99. The minimum atomic E-state index is -0.171. The molecule has 0 spiro atoms. The third-order valence-electron chi connectivity index (χ3n) is 6.82. The van der Waals surface area contributed by atoms with E-state index in [0.717, 1.165) is 64.6 Å². The van der Waals surface area contributed by atoms with Crippen molar-refractivity contribution in [3.8, 4) is 0 Å². The Hall–Kier alpha value is -1.92. The van der Waals surface area contributed by atoms with Gasteiger partial charge in [0.15, 0.2) is 0 Å². The number of amides is 2. The minimum Gasteiger partial charge on any atom is -0.354 e. The number of hydrogen-bond acceptors (Lipinski definition) is 4. The molecule has 6 nitrogen and oxygen atoms in total. The Bertz CT molecular complexity index is 698. The lowest BCUT2D eigenvalue weighted by molar-refractivity contribution is -0.126. The summed E-state index contributed by atoms with van der Waals surface area (Å²) in [6.45, 7) is 3.94. The standard InChI is InChI=1S/C23H34N4O2/c28-21(26-23(11-6-12-23)19-8-2-1-3-9-19)17-27-14-5-7-18(16-27)15-25-22(29)20-10-4-13-24-20/h1-3,8-9,18,20,24H,4-7,10-17H2,(H,25,29)(H,26,28). The van der Waals surface area contributed by atoms with Crippen molar-refractivity contribution >= 4 is 11.8 Å². The van der Waals surface area contributed by atoms with Crippen molar-refractivity contribution in [3.05, 3.63) is 35.9 Å². The van der Waals surface area contributed by atoms with Gasteiger partial charge in [0.1, 0.15) is 0 Å². The zero-order valence-electron chi connectivity index (χ0n) is 17.3. The largest absolute Gasteiger partial charge is 0.354 e. The number of nitrogens with one attached hydrogen (secondary N) is 3. The maximum Gasteiger partial charge on any atom is 0.237 e. The Labute approximate surface area is 173 Å². The molecule has 1 saturated carbocycles. The molecule has 6 heteroatoms. The molecule has 0 radical (unpaired) electrons.